The highest BCUT2D eigenvalue weighted by Crippen LogP contribution is 2.37. The molecule has 234 valence electrons. The number of ether oxygens (including phenoxy) is 1. The SMILES string of the molecule is COc1ccc(CN2CCN(C=O)C(c3ccc(-c4cnc5c(c4)N(Cc4cc(Cl)ccc4C(F)(F)F)CCN5)cc3)C2)cc1. The normalized spacial score (nSPS) is 17.0. The van der Waals surface area contributed by atoms with Gasteiger partial charge in [-0.2, -0.15) is 13.2 Å². The van der Waals surface area contributed by atoms with Gasteiger partial charge in [0.05, 0.1) is 24.4 Å². The zero-order valence-electron chi connectivity index (χ0n) is 24.7. The molecule has 4 aromatic rings. The number of benzene rings is 3. The number of pyridine rings is 1. The topological polar surface area (TPSA) is 60.9 Å². The van der Waals surface area contributed by atoms with Crippen LogP contribution in [0.3, 0.4) is 0 Å². The molecule has 0 spiro atoms. The minimum Gasteiger partial charge on any atom is -0.497 e. The van der Waals surface area contributed by atoms with E-state index in [0.717, 1.165) is 53.7 Å². The molecule has 0 aliphatic carbocycles. The van der Waals surface area contributed by atoms with E-state index in [-0.39, 0.29) is 23.2 Å². The number of hydrogen-bond acceptors (Lipinski definition) is 6. The van der Waals surface area contributed by atoms with Crippen LogP contribution in [0.25, 0.3) is 11.1 Å². The van der Waals surface area contributed by atoms with Crippen LogP contribution in [0.1, 0.15) is 28.3 Å². The first-order valence-corrected chi connectivity index (χ1v) is 15.1. The van der Waals surface area contributed by atoms with Gasteiger partial charge in [0.15, 0.2) is 0 Å². The standard InChI is InChI=1S/C34H33ClF3N5O2/c1-45-29-9-2-23(3-10-29)19-41-14-15-43(22-44)32(21-41)25-6-4-24(5-7-25)26-17-31-33(40-18-26)39-12-13-42(31)20-27-16-28(35)8-11-30(27)34(36,37)38/h2-11,16-18,22,32H,12-15,19-21H2,1H3,(H,39,40). The van der Waals surface area contributed by atoms with Crippen LogP contribution in [0, 0.1) is 0 Å². The maximum atomic E-state index is 13.8. The van der Waals surface area contributed by atoms with Crippen molar-refractivity contribution in [3.63, 3.8) is 0 Å². The average molecular weight is 636 g/mol. The molecular formula is C34H33ClF3N5O2. The Kier molecular flexibility index (Phi) is 8.87. The number of amides is 1. The first kappa shape index (κ1) is 30.7. The minimum absolute atomic E-state index is 0.0460. The highest BCUT2D eigenvalue weighted by molar-refractivity contribution is 6.30. The Morgan fingerprint density at radius 1 is 0.978 bits per heavy atom. The Hall–Kier alpha value is -4.28. The summed E-state index contributed by atoms with van der Waals surface area (Å²) in [6.07, 6.45) is -1.80. The van der Waals surface area contributed by atoms with E-state index >= 15 is 0 Å². The van der Waals surface area contributed by atoms with Crippen molar-refractivity contribution in [2.75, 3.05) is 50.1 Å². The van der Waals surface area contributed by atoms with Gasteiger partial charge in [0, 0.05) is 62.6 Å². The van der Waals surface area contributed by atoms with Gasteiger partial charge in [0.25, 0.3) is 0 Å². The maximum absolute atomic E-state index is 13.8. The molecule has 1 amide bonds. The molecule has 2 aliphatic heterocycles. The summed E-state index contributed by atoms with van der Waals surface area (Å²) in [5.41, 5.74) is 4.12. The number of rotatable bonds is 8. The predicted molar refractivity (Wildman–Crippen MR) is 169 cm³/mol. The van der Waals surface area contributed by atoms with Crippen molar-refractivity contribution in [1.82, 2.24) is 14.8 Å². The number of hydrogen-bond donors (Lipinski definition) is 1. The van der Waals surface area contributed by atoms with Crippen LogP contribution in [-0.2, 0) is 24.1 Å². The van der Waals surface area contributed by atoms with E-state index in [1.165, 1.54) is 17.7 Å². The minimum atomic E-state index is -4.48. The molecular weight excluding hydrogens is 603 g/mol. The summed E-state index contributed by atoms with van der Waals surface area (Å²) < 4.78 is 46.5. The van der Waals surface area contributed by atoms with Crippen molar-refractivity contribution < 1.29 is 22.7 Å². The lowest BCUT2D eigenvalue weighted by Gasteiger charge is -2.40. The quantitative estimate of drug-likeness (QED) is 0.213. The van der Waals surface area contributed by atoms with E-state index in [1.807, 2.05) is 52.3 Å². The van der Waals surface area contributed by atoms with Gasteiger partial charge in [-0.25, -0.2) is 4.98 Å². The number of anilines is 2. The van der Waals surface area contributed by atoms with Crippen molar-refractivity contribution in [2.45, 2.75) is 25.3 Å². The van der Waals surface area contributed by atoms with Gasteiger partial charge in [0.1, 0.15) is 11.6 Å². The van der Waals surface area contributed by atoms with Crippen molar-refractivity contribution in [1.29, 1.82) is 0 Å². The lowest BCUT2D eigenvalue weighted by molar-refractivity contribution is -0.138. The second kappa shape index (κ2) is 13.0. The fraction of sp³-hybridized carbons (Fsp3) is 0.294. The molecule has 1 unspecified atom stereocenters. The fourth-order valence-corrected chi connectivity index (χ4v) is 6.26. The highest BCUT2D eigenvalue weighted by Gasteiger charge is 2.34. The number of carbonyl (C=O) groups excluding carboxylic acids is 1. The molecule has 11 heteroatoms. The number of halogens is 4. The molecule has 0 saturated carbocycles. The van der Waals surface area contributed by atoms with Crippen LogP contribution in [-0.4, -0.2) is 61.0 Å². The Labute approximate surface area is 265 Å². The Bertz CT molecular complexity index is 1650. The molecule has 1 N–H and O–H groups in total. The van der Waals surface area contributed by atoms with E-state index in [4.69, 9.17) is 16.3 Å². The van der Waals surface area contributed by atoms with Gasteiger partial charge in [-0.05, 0) is 58.7 Å². The Morgan fingerprint density at radius 3 is 2.47 bits per heavy atom. The Balaban J connectivity index is 1.21. The summed E-state index contributed by atoms with van der Waals surface area (Å²) in [6.45, 7) is 4.00. The lowest BCUT2D eigenvalue weighted by atomic mass is 9.98. The monoisotopic (exact) mass is 635 g/mol. The van der Waals surface area contributed by atoms with Crippen LogP contribution >= 0.6 is 11.6 Å². The second-order valence-corrected chi connectivity index (χ2v) is 11.7. The van der Waals surface area contributed by atoms with Crippen LogP contribution in [0.4, 0.5) is 24.7 Å². The number of alkyl halides is 3. The average Bonchev–Trinajstić information content (AvgIpc) is 3.04. The van der Waals surface area contributed by atoms with Gasteiger partial charge >= 0.3 is 6.18 Å². The molecule has 0 bridgehead atoms. The molecule has 2 aliphatic rings. The van der Waals surface area contributed by atoms with Gasteiger partial charge in [-0.15, -0.1) is 0 Å². The second-order valence-electron chi connectivity index (χ2n) is 11.3. The smallest absolute Gasteiger partial charge is 0.416 e. The van der Waals surface area contributed by atoms with Crippen molar-refractivity contribution in [2.24, 2.45) is 0 Å². The van der Waals surface area contributed by atoms with Crippen LogP contribution < -0.4 is 15.0 Å². The van der Waals surface area contributed by atoms with E-state index in [1.54, 1.807) is 13.3 Å². The molecule has 0 radical (unpaired) electrons. The molecule has 3 heterocycles. The van der Waals surface area contributed by atoms with E-state index in [9.17, 15) is 18.0 Å². The summed E-state index contributed by atoms with van der Waals surface area (Å²) in [6, 6.07) is 21.6. The van der Waals surface area contributed by atoms with Crippen molar-refractivity contribution in [3.05, 3.63) is 106 Å². The third-order valence-corrected chi connectivity index (χ3v) is 8.69. The summed E-state index contributed by atoms with van der Waals surface area (Å²) >= 11 is 6.09. The molecule has 7 nitrogen and oxygen atoms in total. The molecule has 1 aromatic heterocycles. The van der Waals surface area contributed by atoms with Crippen molar-refractivity contribution in [3.8, 4) is 16.9 Å². The van der Waals surface area contributed by atoms with E-state index in [2.05, 4.69) is 27.3 Å². The van der Waals surface area contributed by atoms with Gasteiger partial charge in [-0.1, -0.05) is 48.0 Å². The Morgan fingerprint density at radius 2 is 1.76 bits per heavy atom. The first-order chi connectivity index (χ1) is 21.7. The zero-order chi connectivity index (χ0) is 31.6. The number of fused-ring (bicyclic) bond motifs is 1. The van der Waals surface area contributed by atoms with E-state index in [0.29, 0.717) is 32.0 Å². The zero-order valence-corrected chi connectivity index (χ0v) is 25.5. The number of carbonyl (C=O) groups is 1. The van der Waals surface area contributed by atoms with Gasteiger partial charge in [-0.3, -0.25) is 9.69 Å². The summed E-state index contributed by atoms with van der Waals surface area (Å²) in [5, 5.41) is 3.51. The summed E-state index contributed by atoms with van der Waals surface area (Å²) in [7, 11) is 1.65. The third kappa shape index (κ3) is 6.87. The van der Waals surface area contributed by atoms with E-state index < -0.39 is 11.7 Å². The predicted octanol–water partition coefficient (Wildman–Crippen LogP) is 6.88. The number of methoxy groups -OCH3 is 1. The first-order valence-electron chi connectivity index (χ1n) is 14.7. The van der Waals surface area contributed by atoms with Gasteiger partial charge < -0.3 is 19.9 Å². The lowest BCUT2D eigenvalue weighted by Crippen LogP contribution is -2.47. The van der Waals surface area contributed by atoms with Crippen LogP contribution in [0.5, 0.6) is 5.75 Å². The largest absolute Gasteiger partial charge is 0.497 e. The maximum Gasteiger partial charge on any atom is 0.416 e. The molecule has 6 rings (SSSR count). The number of aromatic nitrogens is 1. The molecule has 1 atom stereocenters. The highest BCUT2D eigenvalue weighted by atomic mass is 35.5. The van der Waals surface area contributed by atoms with Crippen LogP contribution in [0.2, 0.25) is 5.02 Å². The van der Waals surface area contributed by atoms with Crippen LogP contribution in [0.15, 0.2) is 79.0 Å². The number of nitrogens with zero attached hydrogens (tertiary/aromatic N) is 4. The molecule has 1 fully saturated rings. The number of piperazine rings is 1. The third-order valence-electron chi connectivity index (χ3n) is 8.45. The molecule has 3 aromatic carbocycles. The molecule has 45 heavy (non-hydrogen) atoms. The number of nitrogens with one attached hydrogen (secondary N) is 1. The van der Waals surface area contributed by atoms with Crippen molar-refractivity contribution >= 4 is 29.5 Å². The molecule has 1 saturated heterocycles. The summed E-state index contributed by atoms with van der Waals surface area (Å²) in [4.78, 5) is 22.7. The summed E-state index contributed by atoms with van der Waals surface area (Å²) in [5.74, 6) is 1.44. The fourth-order valence-electron chi connectivity index (χ4n) is 6.06. The van der Waals surface area contributed by atoms with Gasteiger partial charge in [0.2, 0.25) is 6.41 Å².